The highest BCUT2D eigenvalue weighted by molar-refractivity contribution is 5.97. The second-order valence-electron chi connectivity index (χ2n) is 5.72. The number of likely N-dealkylation sites (N-methyl/N-ethyl adjacent to an activating group) is 1. The molecule has 19 heavy (non-hydrogen) atoms. The molecule has 1 fully saturated rings. The highest BCUT2D eigenvalue weighted by atomic mass is 16.2. The second kappa shape index (κ2) is 4.85. The Morgan fingerprint density at radius 1 is 1.47 bits per heavy atom. The minimum Gasteiger partial charge on any atom is -0.396 e. The lowest BCUT2D eigenvalue weighted by Gasteiger charge is -2.45. The molecule has 1 aromatic heterocycles. The zero-order valence-electron chi connectivity index (χ0n) is 12.2. The molecule has 1 aliphatic heterocycles. The van der Waals surface area contributed by atoms with E-state index < -0.39 is 0 Å². The van der Waals surface area contributed by atoms with Crippen LogP contribution in [0.1, 0.15) is 31.3 Å². The smallest absolute Gasteiger partial charge is 0.274 e. The van der Waals surface area contributed by atoms with E-state index in [1.807, 2.05) is 11.8 Å². The largest absolute Gasteiger partial charge is 0.396 e. The third-order valence-corrected chi connectivity index (χ3v) is 3.97. The molecule has 0 unspecified atom stereocenters. The van der Waals surface area contributed by atoms with E-state index in [9.17, 15) is 4.79 Å². The summed E-state index contributed by atoms with van der Waals surface area (Å²) in [5.41, 5.74) is 6.84. The molecule has 0 atom stereocenters. The number of hydrogen-bond donors (Lipinski definition) is 1. The van der Waals surface area contributed by atoms with Crippen molar-refractivity contribution in [1.82, 2.24) is 19.6 Å². The van der Waals surface area contributed by atoms with E-state index in [1.54, 1.807) is 10.9 Å². The molecule has 0 aromatic carbocycles. The maximum absolute atomic E-state index is 12.6. The summed E-state index contributed by atoms with van der Waals surface area (Å²) in [7, 11) is 2.09. The van der Waals surface area contributed by atoms with Gasteiger partial charge in [-0.2, -0.15) is 5.10 Å². The van der Waals surface area contributed by atoms with Crippen LogP contribution in [0, 0.1) is 0 Å². The summed E-state index contributed by atoms with van der Waals surface area (Å²) in [6, 6.07) is 0. The van der Waals surface area contributed by atoms with Crippen molar-refractivity contribution >= 4 is 11.6 Å². The zero-order chi connectivity index (χ0) is 14.2. The number of carbonyl (C=O) groups excluding carboxylic acids is 1. The molecule has 0 aliphatic carbocycles. The van der Waals surface area contributed by atoms with E-state index in [4.69, 9.17) is 5.73 Å². The van der Waals surface area contributed by atoms with E-state index in [0.717, 1.165) is 13.1 Å². The van der Waals surface area contributed by atoms with Gasteiger partial charge in [-0.1, -0.05) is 0 Å². The number of nitrogen functional groups attached to an aromatic ring is 1. The van der Waals surface area contributed by atoms with Crippen LogP contribution in [0.4, 0.5) is 5.69 Å². The first-order valence-electron chi connectivity index (χ1n) is 6.68. The molecule has 0 saturated carbocycles. The Kier molecular flexibility index (Phi) is 3.54. The fourth-order valence-electron chi connectivity index (χ4n) is 2.44. The van der Waals surface area contributed by atoms with Crippen LogP contribution in [-0.4, -0.2) is 57.7 Å². The van der Waals surface area contributed by atoms with Gasteiger partial charge in [0, 0.05) is 31.7 Å². The number of rotatable bonds is 2. The number of aromatic nitrogens is 2. The summed E-state index contributed by atoms with van der Waals surface area (Å²) in [6.45, 7) is 9.20. The summed E-state index contributed by atoms with van der Waals surface area (Å²) in [5, 5.41) is 4.14. The van der Waals surface area contributed by atoms with E-state index in [2.05, 4.69) is 30.9 Å². The number of carbonyl (C=O) groups is 1. The topological polar surface area (TPSA) is 67.4 Å². The third kappa shape index (κ3) is 2.45. The lowest BCUT2D eigenvalue weighted by Crippen LogP contribution is -2.59. The van der Waals surface area contributed by atoms with Gasteiger partial charge in [-0.3, -0.25) is 14.4 Å². The molecule has 106 valence electrons. The zero-order valence-corrected chi connectivity index (χ0v) is 12.2. The van der Waals surface area contributed by atoms with Crippen molar-refractivity contribution in [1.29, 1.82) is 0 Å². The maximum Gasteiger partial charge on any atom is 0.274 e. The number of nitrogens with two attached hydrogens (primary N) is 1. The molecule has 1 aromatic rings. The minimum absolute atomic E-state index is 0.0141. The lowest BCUT2D eigenvalue weighted by molar-refractivity contribution is 0.0303. The molecular formula is C13H23N5O. The highest BCUT2D eigenvalue weighted by Crippen LogP contribution is 2.22. The van der Waals surface area contributed by atoms with Gasteiger partial charge in [-0.15, -0.1) is 0 Å². The van der Waals surface area contributed by atoms with Crippen LogP contribution in [0.5, 0.6) is 0 Å². The van der Waals surface area contributed by atoms with E-state index in [1.165, 1.54) is 0 Å². The van der Waals surface area contributed by atoms with Crippen LogP contribution in [-0.2, 0) is 6.54 Å². The van der Waals surface area contributed by atoms with Crippen molar-refractivity contribution < 1.29 is 4.79 Å². The van der Waals surface area contributed by atoms with Crippen molar-refractivity contribution in [2.24, 2.45) is 0 Å². The fourth-order valence-corrected chi connectivity index (χ4v) is 2.44. The van der Waals surface area contributed by atoms with Gasteiger partial charge in [0.1, 0.15) is 5.69 Å². The molecule has 2 N–H and O–H groups in total. The Labute approximate surface area is 114 Å². The first-order chi connectivity index (χ1) is 8.86. The summed E-state index contributed by atoms with van der Waals surface area (Å²) < 4.78 is 1.67. The summed E-state index contributed by atoms with van der Waals surface area (Å²) >= 11 is 0. The minimum atomic E-state index is -0.0157. The summed E-state index contributed by atoms with van der Waals surface area (Å²) in [4.78, 5) is 16.8. The average Bonchev–Trinajstić information content (AvgIpc) is 2.73. The Balaban J connectivity index is 2.23. The van der Waals surface area contributed by atoms with Gasteiger partial charge in [-0.25, -0.2) is 0 Å². The summed E-state index contributed by atoms with van der Waals surface area (Å²) in [5.74, 6) is -0.0157. The molecule has 2 rings (SSSR count). The van der Waals surface area contributed by atoms with Crippen molar-refractivity contribution in [2.45, 2.75) is 32.9 Å². The first-order valence-corrected chi connectivity index (χ1v) is 6.68. The number of hydrogen-bond acceptors (Lipinski definition) is 4. The normalized spacial score (nSPS) is 19.7. The van der Waals surface area contributed by atoms with Crippen molar-refractivity contribution in [3.8, 4) is 0 Å². The molecule has 1 saturated heterocycles. The number of aryl methyl sites for hydroxylation is 1. The molecule has 0 radical (unpaired) electrons. The Morgan fingerprint density at radius 3 is 2.74 bits per heavy atom. The lowest BCUT2D eigenvalue weighted by atomic mass is 9.99. The Hall–Kier alpha value is -1.56. The van der Waals surface area contributed by atoms with Crippen LogP contribution >= 0.6 is 0 Å². The fraction of sp³-hybridized carbons (Fsp3) is 0.692. The standard InChI is InChI=1S/C13H23N5O/c1-5-18-11(10(14)8-15-18)12(19)17-7-6-16(4)13(2,3)9-17/h8H,5-7,9,14H2,1-4H3. The number of amides is 1. The van der Waals surface area contributed by atoms with Gasteiger partial charge in [0.05, 0.1) is 11.9 Å². The summed E-state index contributed by atoms with van der Waals surface area (Å²) in [6.07, 6.45) is 1.55. The predicted octanol–water partition coefficient (Wildman–Crippen LogP) is 0.651. The monoisotopic (exact) mass is 265 g/mol. The highest BCUT2D eigenvalue weighted by Gasteiger charge is 2.34. The molecule has 1 aliphatic rings. The van der Waals surface area contributed by atoms with Gasteiger partial charge < -0.3 is 10.6 Å². The quantitative estimate of drug-likeness (QED) is 0.852. The van der Waals surface area contributed by atoms with Gasteiger partial charge in [0.25, 0.3) is 5.91 Å². The van der Waals surface area contributed by atoms with E-state index >= 15 is 0 Å². The molecule has 6 nitrogen and oxygen atoms in total. The van der Waals surface area contributed by atoms with Crippen LogP contribution in [0.3, 0.4) is 0 Å². The molecule has 0 spiro atoms. The third-order valence-electron chi connectivity index (χ3n) is 3.97. The van der Waals surface area contributed by atoms with Gasteiger partial charge in [-0.05, 0) is 27.8 Å². The van der Waals surface area contributed by atoms with Gasteiger partial charge in [0.15, 0.2) is 0 Å². The first kappa shape index (κ1) is 13.9. The van der Waals surface area contributed by atoms with E-state index in [-0.39, 0.29) is 11.4 Å². The van der Waals surface area contributed by atoms with Crippen LogP contribution < -0.4 is 5.73 Å². The van der Waals surface area contributed by atoms with Crippen molar-refractivity contribution in [3.05, 3.63) is 11.9 Å². The van der Waals surface area contributed by atoms with Crippen LogP contribution in [0.2, 0.25) is 0 Å². The predicted molar refractivity (Wildman–Crippen MR) is 74.9 cm³/mol. The van der Waals surface area contributed by atoms with Gasteiger partial charge in [0.2, 0.25) is 0 Å². The van der Waals surface area contributed by atoms with Crippen LogP contribution in [0.25, 0.3) is 0 Å². The maximum atomic E-state index is 12.6. The molecular weight excluding hydrogens is 242 g/mol. The Morgan fingerprint density at radius 2 is 2.16 bits per heavy atom. The van der Waals surface area contributed by atoms with Gasteiger partial charge >= 0.3 is 0 Å². The molecule has 1 amide bonds. The second-order valence-corrected chi connectivity index (χ2v) is 5.72. The SMILES string of the molecule is CCn1ncc(N)c1C(=O)N1CCN(C)C(C)(C)C1. The number of piperazine rings is 1. The Bertz CT molecular complexity index is 479. The van der Waals surface area contributed by atoms with Crippen molar-refractivity contribution in [2.75, 3.05) is 32.4 Å². The van der Waals surface area contributed by atoms with E-state index in [0.29, 0.717) is 24.5 Å². The molecule has 0 bridgehead atoms. The number of anilines is 1. The van der Waals surface area contributed by atoms with Crippen LogP contribution in [0.15, 0.2) is 6.20 Å². The number of nitrogens with zero attached hydrogens (tertiary/aromatic N) is 4. The molecule has 2 heterocycles. The molecule has 6 heteroatoms. The average molecular weight is 265 g/mol. The van der Waals surface area contributed by atoms with Crippen molar-refractivity contribution in [3.63, 3.8) is 0 Å².